The van der Waals surface area contributed by atoms with Gasteiger partial charge in [0.1, 0.15) is 0 Å². The van der Waals surface area contributed by atoms with Crippen molar-refractivity contribution >= 4 is 11.8 Å². The third-order valence-electron chi connectivity index (χ3n) is 2.25. The summed E-state index contributed by atoms with van der Waals surface area (Å²) in [6, 6.07) is 7.49. The molecule has 0 spiro atoms. The monoisotopic (exact) mass is 234 g/mol. The molecule has 2 N–H and O–H groups in total. The quantitative estimate of drug-likeness (QED) is 0.610. The molecule has 0 saturated carbocycles. The minimum absolute atomic E-state index is 0.386. The van der Waals surface area contributed by atoms with E-state index in [0.717, 1.165) is 10.5 Å². The summed E-state index contributed by atoms with van der Waals surface area (Å²) in [5, 5.41) is 4.79. The van der Waals surface area contributed by atoms with Crippen molar-refractivity contribution in [2.24, 2.45) is 0 Å². The van der Waals surface area contributed by atoms with Gasteiger partial charge in [0.2, 0.25) is 0 Å². The van der Waals surface area contributed by atoms with Crippen molar-refractivity contribution in [3.63, 3.8) is 0 Å². The lowest BCUT2D eigenvalue weighted by molar-refractivity contribution is 0.975. The first-order valence-corrected chi connectivity index (χ1v) is 5.89. The first-order valence-electron chi connectivity index (χ1n) is 4.67. The van der Waals surface area contributed by atoms with Crippen LogP contribution in [-0.4, -0.2) is 16.5 Å². The van der Waals surface area contributed by atoms with Gasteiger partial charge >= 0.3 is 5.56 Å². The number of aromatic nitrogens is 2. The van der Waals surface area contributed by atoms with Crippen LogP contribution < -0.4 is 11.0 Å². The molecule has 82 valence electrons. The number of nitrogens with one attached hydrogen (secondary N) is 2. The van der Waals surface area contributed by atoms with Gasteiger partial charge < -0.3 is 5.10 Å². The SMILES string of the molecule is CSc1ccc(-c2c[nH][nH]c(=O)c2=O)cc1. The standard InChI is InChI=1S/C11H10N2O2S/c1-16-8-4-2-7(3-5-8)9-6-12-13-11(15)10(9)14/h2-6H,1H3,(H,12,14)(H,13,15). The van der Waals surface area contributed by atoms with E-state index in [1.54, 1.807) is 11.8 Å². The topological polar surface area (TPSA) is 65.7 Å². The molecule has 0 bridgehead atoms. The number of H-pyrrole nitrogens is 2. The molecule has 0 aliphatic heterocycles. The molecule has 4 nitrogen and oxygen atoms in total. The van der Waals surface area contributed by atoms with E-state index in [1.807, 2.05) is 30.5 Å². The van der Waals surface area contributed by atoms with Crippen LogP contribution in [0.3, 0.4) is 0 Å². The summed E-state index contributed by atoms with van der Waals surface area (Å²) in [5.74, 6) is 0. The van der Waals surface area contributed by atoms with Crippen LogP contribution in [0.15, 0.2) is 44.9 Å². The van der Waals surface area contributed by atoms with Crippen molar-refractivity contribution < 1.29 is 0 Å². The molecule has 0 amide bonds. The molecule has 1 aromatic carbocycles. The zero-order chi connectivity index (χ0) is 11.5. The summed E-state index contributed by atoms with van der Waals surface area (Å²) in [5.41, 5.74) is -0.0244. The molecule has 2 aromatic rings. The van der Waals surface area contributed by atoms with Gasteiger partial charge in [-0.3, -0.25) is 14.7 Å². The van der Waals surface area contributed by atoms with Crippen LogP contribution in [0.2, 0.25) is 0 Å². The van der Waals surface area contributed by atoms with Crippen LogP contribution in [0, 0.1) is 0 Å². The molecule has 5 heteroatoms. The van der Waals surface area contributed by atoms with Crippen molar-refractivity contribution in [2.45, 2.75) is 4.90 Å². The Morgan fingerprint density at radius 2 is 1.81 bits per heavy atom. The fourth-order valence-electron chi connectivity index (χ4n) is 1.40. The average molecular weight is 234 g/mol. The molecule has 0 fully saturated rings. The molecule has 1 heterocycles. The number of benzene rings is 1. The van der Waals surface area contributed by atoms with Crippen molar-refractivity contribution in [1.82, 2.24) is 10.2 Å². The Kier molecular flexibility index (Phi) is 2.96. The van der Waals surface area contributed by atoms with E-state index in [0.29, 0.717) is 5.56 Å². The first kappa shape index (κ1) is 10.8. The van der Waals surface area contributed by atoms with E-state index >= 15 is 0 Å². The Bertz CT molecular complexity index is 598. The minimum Gasteiger partial charge on any atom is -0.305 e. The lowest BCUT2D eigenvalue weighted by Gasteiger charge is -2.01. The fourth-order valence-corrected chi connectivity index (χ4v) is 1.81. The lowest BCUT2D eigenvalue weighted by Crippen LogP contribution is -2.28. The van der Waals surface area contributed by atoms with E-state index < -0.39 is 11.0 Å². The zero-order valence-electron chi connectivity index (χ0n) is 8.61. The summed E-state index contributed by atoms with van der Waals surface area (Å²) in [6.07, 6.45) is 3.48. The van der Waals surface area contributed by atoms with Gasteiger partial charge in [-0.05, 0) is 24.0 Å². The maximum absolute atomic E-state index is 11.6. The summed E-state index contributed by atoms with van der Waals surface area (Å²) in [4.78, 5) is 23.8. The smallest absolute Gasteiger partial charge is 0.305 e. The maximum atomic E-state index is 11.6. The fraction of sp³-hybridized carbons (Fsp3) is 0.0909. The van der Waals surface area contributed by atoms with Gasteiger partial charge in [-0.15, -0.1) is 11.8 Å². The van der Waals surface area contributed by atoms with E-state index in [2.05, 4.69) is 10.2 Å². The van der Waals surface area contributed by atoms with Gasteiger partial charge in [-0.25, -0.2) is 0 Å². The molecular weight excluding hydrogens is 224 g/mol. The van der Waals surface area contributed by atoms with Crippen LogP contribution in [0.4, 0.5) is 0 Å². The second-order valence-electron chi connectivity index (χ2n) is 3.21. The molecule has 0 radical (unpaired) electrons. The van der Waals surface area contributed by atoms with Crippen molar-refractivity contribution in [3.8, 4) is 11.1 Å². The predicted octanol–water partition coefficient (Wildman–Crippen LogP) is 1.45. The molecule has 2 rings (SSSR count). The highest BCUT2D eigenvalue weighted by Crippen LogP contribution is 2.19. The Labute approximate surface area is 95.7 Å². The Morgan fingerprint density at radius 1 is 1.12 bits per heavy atom. The number of aromatic amines is 2. The Balaban J connectivity index is 2.55. The van der Waals surface area contributed by atoms with Crippen LogP contribution in [-0.2, 0) is 0 Å². The average Bonchev–Trinajstić information content (AvgIpc) is 2.33. The van der Waals surface area contributed by atoms with E-state index in [4.69, 9.17) is 0 Å². The Hall–Kier alpha value is -1.75. The van der Waals surface area contributed by atoms with Crippen LogP contribution in [0.5, 0.6) is 0 Å². The number of rotatable bonds is 2. The lowest BCUT2D eigenvalue weighted by atomic mass is 10.1. The number of thioether (sulfide) groups is 1. The summed E-state index contributed by atoms with van der Waals surface area (Å²) in [6.45, 7) is 0. The van der Waals surface area contributed by atoms with Gasteiger partial charge in [-0.1, -0.05) is 12.1 Å². The Morgan fingerprint density at radius 3 is 2.44 bits per heavy atom. The van der Waals surface area contributed by atoms with Crippen molar-refractivity contribution in [3.05, 3.63) is 51.0 Å². The number of hydrogen-bond donors (Lipinski definition) is 2. The van der Waals surface area contributed by atoms with Gasteiger partial charge in [0, 0.05) is 11.1 Å². The third kappa shape index (κ3) is 1.94. The molecule has 1 aromatic heterocycles. The first-order chi connectivity index (χ1) is 7.72. The van der Waals surface area contributed by atoms with Gasteiger partial charge in [0.15, 0.2) is 0 Å². The molecule has 0 saturated heterocycles. The maximum Gasteiger partial charge on any atom is 0.310 e. The molecule has 0 atom stereocenters. The molecule has 16 heavy (non-hydrogen) atoms. The van der Waals surface area contributed by atoms with Crippen molar-refractivity contribution in [2.75, 3.05) is 6.26 Å². The molecular formula is C11H10N2O2S. The second kappa shape index (κ2) is 4.40. The molecule has 0 aliphatic carbocycles. The van der Waals surface area contributed by atoms with Gasteiger partial charge in [0.05, 0.1) is 5.56 Å². The van der Waals surface area contributed by atoms with Crippen LogP contribution in [0.1, 0.15) is 0 Å². The van der Waals surface area contributed by atoms with Crippen LogP contribution >= 0.6 is 11.8 Å². The van der Waals surface area contributed by atoms with Gasteiger partial charge in [-0.2, -0.15) is 0 Å². The van der Waals surface area contributed by atoms with E-state index in [9.17, 15) is 9.59 Å². The van der Waals surface area contributed by atoms with Gasteiger partial charge in [0.25, 0.3) is 5.43 Å². The predicted molar refractivity (Wildman–Crippen MR) is 64.9 cm³/mol. The summed E-state index contributed by atoms with van der Waals surface area (Å²) >= 11 is 1.63. The minimum atomic E-state index is -0.633. The van der Waals surface area contributed by atoms with E-state index in [1.165, 1.54) is 6.20 Å². The normalized spacial score (nSPS) is 10.3. The molecule has 0 aliphatic rings. The highest BCUT2D eigenvalue weighted by atomic mass is 32.2. The highest BCUT2D eigenvalue weighted by Gasteiger charge is 2.05. The number of hydrogen-bond acceptors (Lipinski definition) is 3. The molecule has 0 unspecified atom stereocenters. The largest absolute Gasteiger partial charge is 0.310 e. The van der Waals surface area contributed by atoms with E-state index in [-0.39, 0.29) is 0 Å². The highest BCUT2D eigenvalue weighted by molar-refractivity contribution is 7.98. The summed E-state index contributed by atoms with van der Waals surface area (Å²) < 4.78 is 0. The van der Waals surface area contributed by atoms with Crippen molar-refractivity contribution in [1.29, 1.82) is 0 Å². The van der Waals surface area contributed by atoms with Crippen LogP contribution in [0.25, 0.3) is 11.1 Å². The third-order valence-corrected chi connectivity index (χ3v) is 3.00. The summed E-state index contributed by atoms with van der Waals surface area (Å²) in [7, 11) is 0. The second-order valence-corrected chi connectivity index (χ2v) is 4.09. The zero-order valence-corrected chi connectivity index (χ0v) is 9.43.